The second-order valence-electron chi connectivity index (χ2n) is 6.09. The Balaban J connectivity index is 3.13. The van der Waals surface area contributed by atoms with Crippen molar-refractivity contribution >= 4 is 15.7 Å². The molecule has 0 bridgehead atoms. The standard InChI is InChI=1S/C15H27N3O2S/c1-12(2)11-18(9-8-17(4)5)21(19,20)15-7-6-14(16)10-13(15)3/h6-7,10,12H,8-9,11,16H2,1-5H3. The molecule has 21 heavy (non-hydrogen) atoms. The molecule has 2 N–H and O–H groups in total. The Bertz CT molecular complexity index is 568. The molecule has 0 atom stereocenters. The summed E-state index contributed by atoms with van der Waals surface area (Å²) in [6.07, 6.45) is 0. The second-order valence-corrected chi connectivity index (χ2v) is 7.99. The lowest BCUT2D eigenvalue weighted by Crippen LogP contribution is -2.39. The number of sulfonamides is 1. The van der Waals surface area contributed by atoms with E-state index in [4.69, 9.17) is 5.73 Å². The molecule has 0 unspecified atom stereocenters. The minimum atomic E-state index is -3.49. The molecule has 0 aliphatic carbocycles. The van der Waals surface area contributed by atoms with Crippen molar-refractivity contribution in [3.05, 3.63) is 23.8 Å². The first-order valence-corrected chi connectivity index (χ1v) is 8.59. The van der Waals surface area contributed by atoms with Crippen molar-refractivity contribution in [3.8, 4) is 0 Å². The van der Waals surface area contributed by atoms with Gasteiger partial charge in [-0.25, -0.2) is 8.42 Å². The van der Waals surface area contributed by atoms with E-state index in [1.54, 1.807) is 29.4 Å². The Morgan fingerprint density at radius 1 is 1.19 bits per heavy atom. The van der Waals surface area contributed by atoms with Gasteiger partial charge in [0.1, 0.15) is 0 Å². The Hall–Kier alpha value is -1.11. The molecule has 0 radical (unpaired) electrons. The topological polar surface area (TPSA) is 66.6 Å². The van der Waals surface area contributed by atoms with Crippen LogP contribution in [0.4, 0.5) is 5.69 Å². The predicted molar refractivity (Wildman–Crippen MR) is 87.7 cm³/mol. The molecule has 0 spiro atoms. The van der Waals surface area contributed by atoms with Crippen LogP contribution in [-0.4, -0.2) is 51.4 Å². The lowest BCUT2D eigenvalue weighted by molar-refractivity contribution is 0.312. The minimum Gasteiger partial charge on any atom is -0.399 e. The van der Waals surface area contributed by atoms with Gasteiger partial charge in [-0.15, -0.1) is 0 Å². The smallest absolute Gasteiger partial charge is 0.243 e. The fraction of sp³-hybridized carbons (Fsp3) is 0.600. The SMILES string of the molecule is Cc1cc(N)ccc1S(=O)(=O)N(CCN(C)C)CC(C)C. The zero-order valence-corrected chi connectivity index (χ0v) is 14.4. The predicted octanol–water partition coefficient (Wildman–Crippen LogP) is 1.79. The van der Waals surface area contributed by atoms with Crippen LogP contribution < -0.4 is 5.73 Å². The van der Waals surface area contributed by atoms with Crippen LogP contribution in [0.15, 0.2) is 23.1 Å². The quantitative estimate of drug-likeness (QED) is 0.779. The summed E-state index contributed by atoms with van der Waals surface area (Å²) in [5, 5.41) is 0. The number of nitrogen functional groups attached to an aromatic ring is 1. The number of hydrogen-bond acceptors (Lipinski definition) is 4. The Morgan fingerprint density at radius 3 is 2.29 bits per heavy atom. The van der Waals surface area contributed by atoms with E-state index in [9.17, 15) is 8.42 Å². The van der Waals surface area contributed by atoms with Gasteiger partial charge in [-0.05, 0) is 50.7 Å². The first-order chi connectivity index (χ1) is 9.64. The third kappa shape index (κ3) is 4.98. The van der Waals surface area contributed by atoms with Crippen molar-refractivity contribution in [1.29, 1.82) is 0 Å². The van der Waals surface area contributed by atoms with Crippen molar-refractivity contribution < 1.29 is 8.42 Å². The molecule has 1 rings (SSSR count). The number of anilines is 1. The van der Waals surface area contributed by atoms with Gasteiger partial charge in [0.05, 0.1) is 4.90 Å². The monoisotopic (exact) mass is 313 g/mol. The Kier molecular flexibility index (Phi) is 6.19. The molecule has 0 aromatic heterocycles. The number of benzene rings is 1. The summed E-state index contributed by atoms with van der Waals surface area (Å²) < 4.78 is 27.3. The highest BCUT2D eigenvalue weighted by molar-refractivity contribution is 7.89. The third-order valence-corrected chi connectivity index (χ3v) is 5.21. The minimum absolute atomic E-state index is 0.274. The molecule has 0 aliphatic rings. The van der Waals surface area contributed by atoms with Crippen LogP contribution in [0.1, 0.15) is 19.4 Å². The average Bonchev–Trinajstić information content (AvgIpc) is 2.33. The van der Waals surface area contributed by atoms with Crippen molar-refractivity contribution in [2.45, 2.75) is 25.7 Å². The van der Waals surface area contributed by atoms with E-state index in [-0.39, 0.29) is 5.92 Å². The lowest BCUT2D eigenvalue weighted by atomic mass is 10.2. The largest absolute Gasteiger partial charge is 0.399 e. The van der Waals surface area contributed by atoms with Gasteiger partial charge in [0.2, 0.25) is 10.0 Å². The van der Waals surface area contributed by atoms with Crippen molar-refractivity contribution in [2.24, 2.45) is 5.92 Å². The number of aryl methyl sites for hydroxylation is 1. The lowest BCUT2D eigenvalue weighted by Gasteiger charge is -2.26. The fourth-order valence-corrected chi connectivity index (χ4v) is 3.93. The molecule has 6 heteroatoms. The third-order valence-electron chi connectivity index (χ3n) is 3.18. The molecule has 0 amide bonds. The van der Waals surface area contributed by atoms with Crippen molar-refractivity contribution in [2.75, 3.05) is 39.5 Å². The van der Waals surface area contributed by atoms with Crippen LogP contribution in [-0.2, 0) is 10.0 Å². The molecule has 5 nitrogen and oxygen atoms in total. The van der Waals surface area contributed by atoms with E-state index in [1.807, 2.05) is 32.8 Å². The molecule has 0 saturated carbocycles. The van der Waals surface area contributed by atoms with Gasteiger partial charge in [0.15, 0.2) is 0 Å². The highest BCUT2D eigenvalue weighted by atomic mass is 32.2. The number of nitrogens with two attached hydrogens (primary N) is 1. The maximum Gasteiger partial charge on any atom is 0.243 e. The summed E-state index contributed by atoms with van der Waals surface area (Å²) in [5.74, 6) is 0.274. The Labute approximate surface area is 128 Å². The van der Waals surface area contributed by atoms with Gasteiger partial charge < -0.3 is 10.6 Å². The number of hydrogen-bond donors (Lipinski definition) is 1. The van der Waals surface area contributed by atoms with E-state index in [0.29, 0.717) is 35.8 Å². The van der Waals surface area contributed by atoms with Crippen LogP contribution in [0, 0.1) is 12.8 Å². The number of likely N-dealkylation sites (N-methyl/N-ethyl adjacent to an activating group) is 1. The summed E-state index contributed by atoms with van der Waals surface area (Å²) in [5.41, 5.74) is 6.98. The first kappa shape index (κ1) is 17.9. The molecule has 120 valence electrons. The molecule has 0 aliphatic heterocycles. The van der Waals surface area contributed by atoms with Gasteiger partial charge in [0.25, 0.3) is 0 Å². The van der Waals surface area contributed by atoms with Crippen molar-refractivity contribution in [1.82, 2.24) is 9.21 Å². The highest BCUT2D eigenvalue weighted by Crippen LogP contribution is 2.22. The van der Waals surface area contributed by atoms with E-state index in [1.165, 1.54) is 0 Å². The van der Waals surface area contributed by atoms with E-state index < -0.39 is 10.0 Å². The summed E-state index contributed by atoms with van der Waals surface area (Å²) in [6.45, 7) is 7.52. The molecular formula is C15H27N3O2S. The molecule has 0 saturated heterocycles. The van der Waals surface area contributed by atoms with E-state index in [2.05, 4.69) is 0 Å². The van der Waals surface area contributed by atoms with Crippen molar-refractivity contribution in [3.63, 3.8) is 0 Å². The van der Waals surface area contributed by atoms with Crippen LogP contribution in [0.3, 0.4) is 0 Å². The summed E-state index contributed by atoms with van der Waals surface area (Å²) in [7, 11) is 0.390. The summed E-state index contributed by atoms with van der Waals surface area (Å²) >= 11 is 0. The van der Waals surface area contributed by atoms with Gasteiger partial charge >= 0.3 is 0 Å². The summed E-state index contributed by atoms with van der Waals surface area (Å²) in [6, 6.07) is 4.94. The van der Waals surface area contributed by atoms with E-state index in [0.717, 1.165) is 0 Å². The molecular weight excluding hydrogens is 286 g/mol. The average molecular weight is 313 g/mol. The van der Waals surface area contributed by atoms with Crippen LogP contribution in [0.5, 0.6) is 0 Å². The zero-order valence-electron chi connectivity index (χ0n) is 13.6. The molecule has 1 aromatic rings. The normalized spacial score (nSPS) is 12.6. The van der Waals surface area contributed by atoms with Gasteiger partial charge in [-0.2, -0.15) is 4.31 Å². The summed E-state index contributed by atoms with van der Waals surface area (Å²) in [4.78, 5) is 2.33. The molecule has 0 fully saturated rings. The number of rotatable bonds is 7. The van der Waals surface area contributed by atoms with E-state index >= 15 is 0 Å². The molecule has 0 heterocycles. The van der Waals surface area contributed by atoms with Gasteiger partial charge in [0, 0.05) is 25.3 Å². The zero-order chi connectivity index (χ0) is 16.2. The second kappa shape index (κ2) is 7.24. The first-order valence-electron chi connectivity index (χ1n) is 7.15. The fourth-order valence-electron chi connectivity index (χ4n) is 2.13. The number of nitrogens with zero attached hydrogens (tertiary/aromatic N) is 2. The van der Waals surface area contributed by atoms with Crippen LogP contribution in [0.25, 0.3) is 0 Å². The highest BCUT2D eigenvalue weighted by Gasteiger charge is 2.26. The molecule has 1 aromatic carbocycles. The Morgan fingerprint density at radius 2 is 1.81 bits per heavy atom. The maximum absolute atomic E-state index is 12.9. The van der Waals surface area contributed by atoms with Gasteiger partial charge in [-0.3, -0.25) is 0 Å². The van der Waals surface area contributed by atoms with Gasteiger partial charge in [-0.1, -0.05) is 13.8 Å². The van der Waals surface area contributed by atoms with Crippen LogP contribution in [0.2, 0.25) is 0 Å². The maximum atomic E-state index is 12.9. The van der Waals surface area contributed by atoms with Crippen LogP contribution >= 0.6 is 0 Å².